The van der Waals surface area contributed by atoms with Gasteiger partial charge in [-0.3, -0.25) is 4.79 Å². The van der Waals surface area contributed by atoms with E-state index in [1.165, 1.54) is 12.3 Å². The number of benzene rings is 1. The van der Waals surface area contributed by atoms with Crippen LogP contribution in [-0.4, -0.2) is 30.6 Å². The zero-order valence-electron chi connectivity index (χ0n) is 12.2. The quantitative estimate of drug-likeness (QED) is 0.832. The van der Waals surface area contributed by atoms with Crippen molar-refractivity contribution in [2.75, 3.05) is 25.0 Å². The fraction of sp³-hybridized carbons (Fsp3) is 0.250. The minimum Gasteiger partial charge on any atom is -0.371 e. The van der Waals surface area contributed by atoms with Gasteiger partial charge in [0.05, 0.1) is 23.3 Å². The third-order valence-corrected chi connectivity index (χ3v) is 4.21. The molecule has 2 heterocycles. The number of pyridine rings is 1. The van der Waals surface area contributed by atoms with Crippen molar-refractivity contribution in [1.29, 1.82) is 0 Å². The number of morpholine rings is 1. The summed E-state index contributed by atoms with van der Waals surface area (Å²) in [6, 6.07) is 9.06. The summed E-state index contributed by atoms with van der Waals surface area (Å²) in [5.74, 6) is -0.292. The van der Waals surface area contributed by atoms with E-state index < -0.39 is 0 Å². The van der Waals surface area contributed by atoms with E-state index in [-0.39, 0.29) is 22.2 Å². The molecule has 1 saturated heterocycles. The highest BCUT2D eigenvalue weighted by molar-refractivity contribution is 6.41. The van der Waals surface area contributed by atoms with E-state index in [0.717, 1.165) is 18.7 Å². The summed E-state index contributed by atoms with van der Waals surface area (Å²) in [7, 11) is 0. The number of ether oxygens (including phenoxy) is 1. The van der Waals surface area contributed by atoms with Gasteiger partial charge in [-0.05, 0) is 23.8 Å². The highest BCUT2D eigenvalue weighted by Crippen LogP contribution is 2.22. The number of carbonyl (C=O) groups is 1. The summed E-state index contributed by atoms with van der Waals surface area (Å²) in [5.41, 5.74) is 2.11. The van der Waals surface area contributed by atoms with E-state index in [1.54, 1.807) is 0 Å². The Hall–Kier alpha value is -1.66. The average Bonchev–Trinajstić information content (AvgIpc) is 2.59. The summed E-state index contributed by atoms with van der Waals surface area (Å²) in [6.45, 7) is 2.37. The zero-order chi connectivity index (χ0) is 16.2. The fourth-order valence-corrected chi connectivity index (χ4v) is 2.58. The third-order valence-electron chi connectivity index (χ3n) is 3.53. The van der Waals surface area contributed by atoms with Crippen molar-refractivity contribution >= 4 is 34.8 Å². The molecule has 1 amide bonds. The second-order valence-electron chi connectivity index (χ2n) is 5.14. The SMILES string of the molecule is O=C(Nc1ccc([C@H]2CNCCO2)cc1)c1cnc(Cl)c(Cl)c1. The summed E-state index contributed by atoms with van der Waals surface area (Å²) in [6.07, 6.45) is 1.44. The predicted molar refractivity (Wildman–Crippen MR) is 90.2 cm³/mol. The lowest BCUT2D eigenvalue weighted by Gasteiger charge is -2.24. The molecule has 1 fully saturated rings. The molecule has 3 rings (SSSR count). The smallest absolute Gasteiger partial charge is 0.257 e. The van der Waals surface area contributed by atoms with Crippen molar-refractivity contribution in [3.8, 4) is 0 Å². The molecular formula is C16H15Cl2N3O2. The Bertz CT molecular complexity index is 701. The minimum absolute atomic E-state index is 0.0489. The lowest BCUT2D eigenvalue weighted by atomic mass is 10.1. The zero-order valence-corrected chi connectivity index (χ0v) is 13.7. The van der Waals surface area contributed by atoms with Crippen LogP contribution in [0.15, 0.2) is 36.5 Å². The molecule has 0 saturated carbocycles. The van der Waals surface area contributed by atoms with Gasteiger partial charge in [0, 0.05) is 25.0 Å². The molecule has 5 nitrogen and oxygen atoms in total. The van der Waals surface area contributed by atoms with Crippen LogP contribution in [0, 0.1) is 0 Å². The second kappa shape index (κ2) is 7.27. The first-order valence-electron chi connectivity index (χ1n) is 7.18. The molecule has 2 aromatic rings. The van der Waals surface area contributed by atoms with Crippen LogP contribution in [0.1, 0.15) is 22.0 Å². The Morgan fingerprint density at radius 2 is 2.09 bits per heavy atom. The van der Waals surface area contributed by atoms with Gasteiger partial charge < -0.3 is 15.4 Å². The van der Waals surface area contributed by atoms with E-state index in [4.69, 9.17) is 27.9 Å². The van der Waals surface area contributed by atoms with E-state index in [9.17, 15) is 4.79 Å². The molecule has 1 aliphatic heterocycles. The van der Waals surface area contributed by atoms with Gasteiger partial charge in [-0.15, -0.1) is 0 Å². The molecule has 1 aromatic heterocycles. The molecule has 1 aromatic carbocycles. The first-order valence-corrected chi connectivity index (χ1v) is 7.94. The van der Waals surface area contributed by atoms with Crippen molar-refractivity contribution < 1.29 is 9.53 Å². The van der Waals surface area contributed by atoms with Gasteiger partial charge in [-0.2, -0.15) is 0 Å². The molecule has 0 aliphatic carbocycles. The van der Waals surface area contributed by atoms with Gasteiger partial charge >= 0.3 is 0 Å². The molecule has 7 heteroatoms. The Kier molecular flexibility index (Phi) is 5.13. The normalized spacial score (nSPS) is 17.7. The van der Waals surface area contributed by atoms with E-state index in [2.05, 4.69) is 15.6 Å². The van der Waals surface area contributed by atoms with Gasteiger partial charge in [0.1, 0.15) is 5.15 Å². The van der Waals surface area contributed by atoms with Gasteiger partial charge in [0.2, 0.25) is 0 Å². The molecule has 23 heavy (non-hydrogen) atoms. The Balaban J connectivity index is 1.67. The third kappa shape index (κ3) is 4.00. The standard InChI is InChI=1S/C16H15Cl2N3O2/c17-13-7-11(8-20-15(13)18)16(22)21-12-3-1-10(2-4-12)14-9-19-5-6-23-14/h1-4,7-8,14,19H,5-6,9H2,(H,21,22)/t14-/m1/s1. The van der Waals surface area contributed by atoms with Crippen LogP contribution in [0.2, 0.25) is 10.2 Å². The number of rotatable bonds is 3. The number of hydrogen-bond donors (Lipinski definition) is 2. The van der Waals surface area contributed by atoms with Crippen molar-refractivity contribution in [2.24, 2.45) is 0 Å². The molecule has 1 atom stereocenters. The molecule has 0 spiro atoms. The summed E-state index contributed by atoms with van der Waals surface area (Å²) in [5, 5.41) is 6.51. The number of nitrogens with zero attached hydrogens (tertiary/aromatic N) is 1. The van der Waals surface area contributed by atoms with Crippen molar-refractivity contribution in [3.63, 3.8) is 0 Å². The van der Waals surface area contributed by atoms with Crippen LogP contribution in [0.3, 0.4) is 0 Å². The van der Waals surface area contributed by atoms with Gasteiger partial charge in [0.15, 0.2) is 0 Å². The number of aromatic nitrogens is 1. The monoisotopic (exact) mass is 351 g/mol. The Labute approximate surface area is 144 Å². The number of nitrogens with one attached hydrogen (secondary N) is 2. The lowest BCUT2D eigenvalue weighted by Crippen LogP contribution is -2.33. The predicted octanol–water partition coefficient (Wildman–Crippen LogP) is 3.30. The van der Waals surface area contributed by atoms with Gasteiger partial charge in [0.25, 0.3) is 5.91 Å². The number of halogens is 2. The van der Waals surface area contributed by atoms with Crippen LogP contribution in [0.4, 0.5) is 5.69 Å². The number of hydrogen-bond acceptors (Lipinski definition) is 4. The Morgan fingerprint density at radius 3 is 2.74 bits per heavy atom. The van der Waals surface area contributed by atoms with Crippen LogP contribution < -0.4 is 10.6 Å². The average molecular weight is 352 g/mol. The van der Waals surface area contributed by atoms with Crippen LogP contribution >= 0.6 is 23.2 Å². The maximum atomic E-state index is 12.2. The number of carbonyl (C=O) groups excluding carboxylic acids is 1. The first-order chi connectivity index (χ1) is 11.1. The summed E-state index contributed by atoms with van der Waals surface area (Å²) < 4.78 is 5.69. The molecule has 120 valence electrons. The van der Waals surface area contributed by atoms with E-state index in [1.807, 2.05) is 24.3 Å². The molecule has 0 unspecified atom stereocenters. The highest BCUT2D eigenvalue weighted by atomic mass is 35.5. The van der Waals surface area contributed by atoms with Gasteiger partial charge in [-0.25, -0.2) is 4.98 Å². The number of amides is 1. The molecule has 0 radical (unpaired) electrons. The topological polar surface area (TPSA) is 63.2 Å². The maximum absolute atomic E-state index is 12.2. The molecule has 1 aliphatic rings. The van der Waals surface area contributed by atoms with E-state index in [0.29, 0.717) is 17.9 Å². The minimum atomic E-state index is -0.292. The van der Waals surface area contributed by atoms with Crippen LogP contribution in [0.5, 0.6) is 0 Å². The lowest BCUT2D eigenvalue weighted by molar-refractivity contribution is 0.0277. The van der Waals surface area contributed by atoms with Crippen molar-refractivity contribution in [3.05, 3.63) is 57.8 Å². The summed E-state index contributed by atoms with van der Waals surface area (Å²) in [4.78, 5) is 16.0. The second-order valence-corrected chi connectivity index (χ2v) is 5.90. The summed E-state index contributed by atoms with van der Waals surface area (Å²) >= 11 is 11.6. The molecular weight excluding hydrogens is 337 g/mol. The van der Waals surface area contributed by atoms with Crippen molar-refractivity contribution in [2.45, 2.75) is 6.10 Å². The van der Waals surface area contributed by atoms with Gasteiger partial charge in [-0.1, -0.05) is 35.3 Å². The molecule has 2 N–H and O–H groups in total. The largest absolute Gasteiger partial charge is 0.371 e. The van der Waals surface area contributed by atoms with Crippen LogP contribution in [-0.2, 0) is 4.74 Å². The van der Waals surface area contributed by atoms with Crippen molar-refractivity contribution in [1.82, 2.24) is 10.3 Å². The first kappa shape index (κ1) is 16.2. The van der Waals surface area contributed by atoms with E-state index >= 15 is 0 Å². The number of anilines is 1. The fourth-order valence-electron chi connectivity index (χ4n) is 2.31. The molecule has 0 bridgehead atoms. The maximum Gasteiger partial charge on any atom is 0.257 e. The van der Waals surface area contributed by atoms with Crippen LogP contribution in [0.25, 0.3) is 0 Å². The highest BCUT2D eigenvalue weighted by Gasteiger charge is 2.15. The Morgan fingerprint density at radius 1 is 1.30 bits per heavy atom.